The molecular formula is C18H17FN4O2S. The number of benzene rings is 1. The first-order valence-electron chi connectivity index (χ1n) is 8.64. The summed E-state index contributed by atoms with van der Waals surface area (Å²) in [5.41, 5.74) is 3.21. The van der Waals surface area contributed by atoms with E-state index in [2.05, 4.69) is 10.1 Å². The highest BCUT2D eigenvalue weighted by Crippen LogP contribution is 2.28. The third-order valence-corrected chi connectivity index (χ3v) is 5.91. The number of thioether (sulfide) groups is 1. The Balaban J connectivity index is 1.29. The smallest absolute Gasteiger partial charge is 0.298 e. The normalized spacial score (nSPS) is 17.3. The first kappa shape index (κ1) is 15.9. The van der Waals surface area contributed by atoms with E-state index >= 15 is 0 Å². The number of anilines is 1. The lowest BCUT2D eigenvalue weighted by molar-refractivity contribution is 0.317. The van der Waals surface area contributed by atoms with Gasteiger partial charge in [0.1, 0.15) is 11.3 Å². The molecule has 1 fully saturated rings. The number of nitrogens with zero attached hydrogens (tertiary/aromatic N) is 4. The van der Waals surface area contributed by atoms with Crippen molar-refractivity contribution in [3.8, 4) is 0 Å². The molecular weight excluding hydrogens is 355 g/mol. The molecule has 3 aromatic rings. The third-order valence-electron chi connectivity index (χ3n) is 4.90. The Hall–Kier alpha value is -2.35. The summed E-state index contributed by atoms with van der Waals surface area (Å²) in [5.74, 6) is 1.94. The van der Waals surface area contributed by atoms with Crippen molar-refractivity contribution < 1.29 is 8.81 Å². The Morgan fingerprint density at radius 3 is 3.08 bits per heavy atom. The SMILES string of the molecule is O=c1cc2c(nn1CC1CN(c3nc4cc(F)ccc4o3)C1)CCSC2. The van der Waals surface area contributed by atoms with Gasteiger partial charge in [-0.05, 0) is 23.4 Å². The molecule has 0 saturated carbocycles. The quantitative estimate of drug-likeness (QED) is 0.704. The lowest BCUT2D eigenvalue weighted by atomic mass is 10.0. The molecule has 0 spiro atoms. The largest absolute Gasteiger partial charge is 0.423 e. The summed E-state index contributed by atoms with van der Waals surface area (Å²) in [6.07, 6.45) is 0.927. The molecule has 1 saturated heterocycles. The van der Waals surface area contributed by atoms with Crippen molar-refractivity contribution in [3.63, 3.8) is 0 Å². The van der Waals surface area contributed by atoms with Crippen LogP contribution in [0.1, 0.15) is 11.3 Å². The van der Waals surface area contributed by atoms with Gasteiger partial charge in [-0.3, -0.25) is 4.79 Å². The minimum Gasteiger partial charge on any atom is -0.423 e. The Labute approximate surface area is 153 Å². The summed E-state index contributed by atoms with van der Waals surface area (Å²) in [6.45, 7) is 2.09. The second-order valence-electron chi connectivity index (χ2n) is 6.82. The fraction of sp³-hybridized carbons (Fsp3) is 0.389. The van der Waals surface area contributed by atoms with E-state index in [-0.39, 0.29) is 11.4 Å². The molecule has 1 aromatic carbocycles. The van der Waals surface area contributed by atoms with E-state index in [9.17, 15) is 9.18 Å². The standard InChI is InChI=1S/C18H17FN4O2S/c19-13-1-2-16-15(6-13)20-18(25-16)22-7-11(8-22)9-23-17(24)5-12-10-26-4-3-14(12)21-23/h1-2,5-6,11H,3-4,7-10H2. The van der Waals surface area contributed by atoms with Gasteiger partial charge in [-0.2, -0.15) is 21.8 Å². The zero-order valence-electron chi connectivity index (χ0n) is 14.0. The maximum Gasteiger partial charge on any atom is 0.298 e. The fourth-order valence-electron chi connectivity index (χ4n) is 3.49. The van der Waals surface area contributed by atoms with Crippen molar-refractivity contribution in [3.05, 3.63) is 51.7 Å². The monoisotopic (exact) mass is 372 g/mol. The molecule has 2 aliphatic heterocycles. The molecule has 0 radical (unpaired) electrons. The first-order valence-corrected chi connectivity index (χ1v) is 9.80. The number of rotatable bonds is 3. The van der Waals surface area contributed by atoms with E-state index < -0.39 is 0 Å². The van der Waals surface area contributed by atoms with E-state index in [1.807, 2.05) is 16.7 Å². The van der Waals surface area contributed by atoms with Crippen LogP contribution in [0.25, 0.3) is 11.1 Å². The van der Waals surface area contributed by atoms with Crippen molar-refractivity contribution in [2.24, 2.45) is 5.92 Å². The molecule has 5 rings (SSSR count). The van der Waals surface area contributed by atoms with Crippen LogP contribution in [0.4, 0.5) is 10.4 Å². The van der Waals surface area contributed by atoms with Gasteiger partial charge >= 0.3 is 0 Å². The maximum atomic E-state index is 13.3. The van der Waals surface area contributed by atoms with Gasteiger partial charge in [-0.1, -0.05) is 0 Å². The number of aromatic nitrogens is 3. The number of hydrogen-bond acceptors (Lipinski definition) is 6. The summed E-state index contributed by atoms with van der Waals surface area (Å²) >= 11 is 1.85. The van der Waals surface area contributed by atoms with Crippen LogP contribution in [0, 0.1) is 11.7 Å². The molecule has 2 aromatic heterocycles. The van der Waals surface area contributed by atoms with Gasteiger partial charge in [-0.25, -0.2) is 9.07 Å². The third kappa shape index (κ3) is 2.78. The molecule has 0 N–H and O–H groups in total. The van der Waals surface area contributed by atoms with Gasteiger partial charge in [0, 0.05) is 43.3 Å². The van der Waals surface area contributed by atoms with Crippen LogP contribution < -0.4 is 10.5 Å². The minimum atomic E-state index is -0.324. The lowest BCUT2D eigenvalue weighted by Gasteiger charge is -2.38. The zero-order valence-corrected chi connectivity index (χ0v) is 14.8. The zero-order chi connectivity index (χ0) is 17.7. The number of hydrogen-bond donors (Lipinski definition) is 0. The number of oxazole rings is 1. The second kappa shape index (κ2) is 6.12. The van der Waals surface area contributed by atoms with E-state index in [1.165, 1.54) is 12.1 Å². The molecule has 6 nitrogen and oxygen atoms in total. The Morgan fingerprint density at radius 1 is 1.31 bits per heavy atom. The molecule has 0 atom stereocenters. The van der Waals surface area contributed by atoms with Crippen LogP contribution in [-0.4, -0.2) is 33.6 Å². The van der Waals surface area contributed by atoms with Crippen molar-refractivity contribution in [2.75, 3.05) is 23.7 Å². The second-order valence-corrected chi connectivity index (χ2v) is 7.92. The Kier molecular flexibility index (Phi) is 3.74. The highest BCUT2D eigenvalue weighted by molar-refractivity contribution is 7.98. The van der Waals surface area contributed by atoms with Crippen molar-refractivity contribution in [1.29, 1.82) is 0 Å². The number of aryl methyl sites for hydroxylation is 1. The predicted molar refractivity (Wildman–Crippen MR) is 98.0 cm³/mol. The maximum absolute atomic E-state index is 13.3. The average Bonchev–Trinajstić information content (AvgIpc) is 3.00. The van der Waals surface area contributed by atoms with E-state index in [0.29, 0.717) is 29.6 Å². The highest BCUT2D eigenvalue weighted by Gasteiger charge is 2.31. The summed E-state index contributed by atoms with van der Waals surface area (Å²) in [7, 11) is 0. The van der Waals surface area contributed by atoms with Gasteiger partial charge in [0.05, 0.1) is 12.2 Å². The van der Waals surface area contributed by atoms with Gasteiger partial charge in [-0.15, -0.1) is 0 Å². The molecule has 26 heavy (non-hydrogen) atoms. The molecule has 4 heterocycles. The van der Waals surface area contributed by atoms with Gasteiger partial charge in [0.15, 0.2) is 5.58 Å². The first-order chi connectivity index (χ1) is 12.7. The Morgan fingerprint density at radius 2 is 2.19 bits per heavy atom. The van der Waals surface area contributed by atoms with Crippen LogP contribution in [0.15, 0.2) is 33.5 Å². The van der Waals surface area contributed by atoms with Crippen LogP contribution in [0.2, 0.25) is 0 Å². The van der Waals surface area contributed by atoms with Gasteiger partial charge in [0.2, 0.25) is 0 Å². The number of halogens is 1. The average molecular weight is 372 g/mol. The topological polar surface area (TPSA) is 64.2 Å². The van der Waals surface area contributed by atoms with Crippen molar-refractivity contribution in [2.45, 2.75) is 18.7 Å². The molecule has 134 valence electrons. The highest BCUT2D eigenvalue weighted by atomic mass is 32.2. The molecule has 2 aliphatic rings. The molecule has 0 aliphatic carbocycles. The summed E-state index contributed by atoms with van der Waals surface area (Å²) < 4.78 is 20.5. The number of fused-ring (bicyclic) bond motifs is 2. The summed E-state index contributed by atoms with van der Waals surface area (Å²) in [4.78, 5) is 18.6. The predicted octanol–water partition coefficient (Wildman–Crippen LogP) is 2.45. The lowest BCUT2D eigenvalue weighted by Crippen LogP contribution is -2.50. The van der Waals surface area contributed by atoms with Gasteiger partial charge < -0.3 is 9.32 Å². The summed E-state index contributed by atoms with van der Waals surface area (Å²) in [5, 5.41) is 4.57. The van der Waals surface area contributed by atoms with Gasteiger partial charge in [0.25, 0.3) is 11.6 Å². The minimum absolute atomic E-state index is 0.0259. The molecule has 0 unspecified atom stereocenters. The van der Waals surface area contributed by atoms with E-state index in [1.54, 1.807) is 16.8 Å². The molecule has 0 amide bonds. The molecule has 8 heteroatoms. The summed E-state index contributed by atoms with van der Waals surface area (Å²) in [6, 6.07) is 6.56. The van der Waals surface area contributed by atoms with Crippen LogP contribution in [-0.2, 0) is 18.7 Å². The van der Waals surface area contributed by atoms with Crippen molar-refractivity contribution in [1.82, 2.24) is 14.8 Å². The van der Waals surface area contributed by atoms with E-state index in [4.69, 9.17) is 4.42 Å². The molecule has 0 bridgehead atoms. The van der Waals surface area contributed by atoms with Crippen LogP contribution in [0.3, 0.4) is 0 Å². The van der Waals surface area contributed by atoms with Crippen LogP contribution in [0.5, 0.6) is 0 Å². The Bertz CT molecular complexity index is 1040. The van der Waals surface area contributed by atoms with Crippen LogP contribution >= 0.6 is 11.8 Å². The fourth-order valence-corrected chi connectivity index (χ4v) is 4.45. The van der Waals surface area contributed by atoms with Crippen molar-refractivity contribution >= 4 is 28.9 Å². The van der Waals surface area contributed by atoms with E-state index in [0.717, 1.165) is 42.3 Å².